The Kier molecular flexibility index (Phi) is 3.61. The summed E-state index contributed by atoms with van der Waals surface area (Å²) in [5, 5.41) is 4.39. The molecule has 0 aliphatic heterocycles. The molecular formula is C17H17N3. The van der Waals surface area contributed by atoms with Crippen LogP contribution in [0.5, 0.6) is 0 Å². The second-order valence-corrected chi connectivity index (χ2v) is 4.83. The summed E-state index contributed by atoms with van der Waals surface area (Å²) in [5.41, 5.74) is 9.63. The molecule has 1 unspecified atom stereocenters. The Labute approximate surface area is 118 Å². The molecule has 2 aromatic carbocycles. The number of rotatable bonds is 4. The topological polar surface area (TPSA) is 43.8 Å². The highest BCUT2D eigenvalue weighted by Crippen LogP contribution is 2.19. The molecule has 0 aliphatic rings. The molecule has 3 rings (SSSR count). The van der Waals surface area contributed by atoms with E-state index >= 15 is 0 Å². The largest absolute Gasteiger partial charge is 0.322 e. The first kappa shape index (κ1) is 12.6. The second kappa shape index (κ2) is 5.72. The third-order valence-corrected chi connectivity index (χ3v) is 3.35. The van der Waals surface area contributed by atoms with Crippen LogP contribution in [0.4, 0.5) is 0 Å². The molecular weight excluding hydrogens is 246 g/mol. The third kappa shape index (κ3) is 2.78. The molecule has 20 heavy (non-hydrogen) atoms. The molecule has 2 N–H and O–H groups in total. The van der Waals surface area contributed by atoms with Crippen molar-refractivity contribution in [3.8, 4) is 11.1 Å². The summed E-state index contributed by atoms with van der Waals surface area (Å²) in [7, 11) is 0. The van der Waals surface area contributed by atoms with E-state index in [1.54, 1.807) is 0 Å². The lowest BCUT2D eigenvalue weighted by Gasteiger charge is -2.11. The summed E-state index contributed by atoms with van der Waals surface area (Å²) in [5.74, 6) is 0. The normalized spacial score (nSPS) is 12.2. The Morgan fingerprint density at radius 2 is 1.55 bits per heavy atom. The van der Waals surface area contributed by atoms with Gasteiger partial charge in [0.25, 0.3) is 0 Å². The first-order valence-corrected chi connectivity index (χ1v) is 6.71. The van der Waals surface area contributed by atoms with Gasteiger partial charge in [-0.1, -0.05) is 60.7 Å². The van der Waals surface area contributed by atoms with Crippen LogP contribution in [0, 0.1) is 0 Å². The minimum atomic E-state index is -0.0419. The standard InChI is InChI=1S/C17H17N3/c18-17(15-9-5-2-6-10-15)13-20-12-16(11-19-20)14-7-3-1-4-8-14/h1-12,17H,13,18H2. The molecule has 100 valence electrons. The van der Waals surface area contributed by atoms with Crippen molar-refractivity contribution in [2.45, 2.75) is 12.6 Å². The van der Waals surface area contributed by atoms with Gasteiger partial charge in [0.05, 0.1) is 12.7 Å². The number of hydrogen-bond donors (Lipinski definition) is 1. The summed E-state index contributed by atoms with van der Waals surface area (Å²) >= 11 is 0. The first-order chi connectivity index (χ1) is 9.83. The van der Waals surface area contributed by atoms with E-state index in [-0.39, 0.29) is 6.04 Å². The SMILES string of the molecule is NC(Cn1cc(-c2ccccc2)cn1)c1ccccc1. The zero-order valence-electron chi connectivity index (χ0n) is 11.2. The number of nitrogens with zero attached hydrogens (tertiary/aromatic N) is 2. The Morgan fingerprint density at radius 3 is 2.25 bits per heavy atom. The van der Waals surface area contributed by atoms with Gasteiger partial charge in [-0.2, -0.15) is 5.10 Å². The van der Waals surface area contributed by atoms with Gasteiger partial charge in [0, 0.05) is 17.8 Å². The van der Waals surface area contributed by atoms with Gasteiger partial charge in [0.2, 0.25) is 0 Å². The van der Waals surface area contributed by atoms with E-state index in [1.165, 1.54) is 5.56 Å². The maximum atomic E-state index is 6.21. The van der Waals surface area contributed by atoms with E-state index in [0.29, 0.717) is 6.54 Å². The van der Waals surface area contributed by atoms with E-state index in [1.807, 2.05) is 65.6 Å². The van der Waals surface area contributed by atoms with Crippen molar-refractivity contribution in [1.29, 1.82) is 0 Å². The zero-order valence-corrected chi connectivity index (χ0v) is 11.2. The van der Waals surface area contributed by atoms with Gasteiger partial charge in [-0.15, -0.1) is 0 Å². The minimum absolute atomic E-state index is 0.0419. The molecule has 0 amide bonds. The van der Waals surface area contributed by atoms with Crippen LogP contribution in [0.1, 0.15) is 11.6 Å². The smallest absolute Gasteiger partial charge is 0.0602 e. The van der Waals surface area contributed by atoms with Crippen LogP contribution < -0.4 is 5.73 Å². The van der Waals surface area contributed by atoms with Gasteiger partial charge in [-0.3, -0.25) is 4.68 Å². The van der Waals surface area contributed by atoms with Crippen LogP contribution in [-0.2, 0) is 6.54 Å². The molecule has 0 fully saturated rings. The Hall–Kier alpha value is -2.39. The van der Waals surface area contributed by atoms with Crippen molar-refractivity contribution in [2.24, 2.45) is 5.73 Å². The second-order valence-electron chi connectivity index (χ2n) is 4.83. The van der Waals surface area contributed by atoms with Crippen LogP contribution in [-0.4, -0.2) is 9.78 Å². The van der Waals surface area contributed by atoms with Crippen molar-refractivity contribution in [3.63, 3.8) is 0 Å². The molecule has 0 saturated heterocycles. The van der Waals surface area contributed by atoms with Crippen LogP contribution >= 0.6 is 0 Å². The molecule has 0 bridgehead atoms. The highest BCUT2D eigenvalue weighted by atomic mass is 15.3. The van der Waals surface area contributed by atoms with Gasteiger partial charge >= 0.3 is 0 Å². The minimum Gasteiger partial charge on any atom is -0.322 e. The Bertz CT molecular complexity index is 659. The molecule has 0 radical (unpaired) electrons. The summed E-state index contributed by atoms with van der Waals surface area (Å²) in [6, 6.07) is 20.3. The van der Waals surface area contributed by atoms with Crippen LogP contribution in [0.3, 0.4) is 0 Å². The summed E-state index contributed by atoms with van der Waals surface area (Å²) in [6.07, 6.45) is 3.92. The molecule has 3 aromatic rings. The van der Waals surface area contributed by atoms with Crippen molar-refractivity contribution < 1.29 is 0 Å². The summed E-state index contributed by atoms with van der Waals surface area (Å²) in [4.78, 5) is 0. The van der Waals surface area contributed by atoms with E-state index < -0.39 is 0 Å². The molecule has 3 nitrogen and oxygen atoms in total. The number of benzene rings is 2. The van der Waals surface area contributed by atoms with Crippen LogP contribution in [0.25, 0.3) is 11.1 Å². The first-order valence-electron chi connectivity index (χ1n) is 6.71. The predicted molar refractivity (Wildman–Crippen MR) is 81.0 cm³/mol. The fourth-order valence-electron chi connectivity index (χ4n) is 2.25. The van der Waals surface area contributed by atoms with Crippen LogP contribution in [0.2, 0.25) is 0 Å². The highest BCUT2D eigenvalue weighted by Gasteiger charge is 2.08. The van der Waals surface area contributed by atoms with Crippen molar-refractivity contribution in [2.75, 3.05) is 0 Å². The maximum absolute atomic E-state index is 6.21. The fourth-order valence-corrected chi connectivity index (χ4v) is 2.25. The molecule has 1 atom stereocenters. The average Bonchev–Trinajstić information content (AvgIpc) is 2.97. The lowest BCUT2D eigenvalue weighted by molar-refractivity contribution is 0.528. The molecule has 1 aromatic heterocycles. The quantitative estimate of drug-likeness (QED) is 0.785. The van der Waals surface area contributed by atoms with Gasteiger partial charge in [0.15, 0.2) is 0 Å². The highest BCUT2D eigenvalue weighted by molar-refractivity contribution is 5.61. The van der Waals surface area contributed by atoms with Gasteiger partial charge in [-0.05, 0) is 11.1 Å². The average molecular weight is 263 g/mol. The van der Waals surface area contributed by atoms with E-state index in [4.69, 9.17) is 5.73 Å². The lowest BCUT2D eigenvalue weighted by atomic mass is 10.1. The number of nitrogens with two attached hydrogens (primary N) is 1. The van der Waals surface area contributed by atoms with Gasteiger partial charge in [-0.25, -0.2) is 0 Å². The molecule has 1 heterocycles. The van der Waals surface area contributed by atoms with Crippen molar-refractivity contribution in [1.82, 2.24) is 9.78 Å². The van der Waals surface area contributed by atoms with E-state index in [2.05, 4.69) is 17.2 Å². The Morgan fingerprint density at radius 1 is 0.900 bits per heavy atom. The fraction of sp³-hybridized carbons (Fsp3) is 0.118. The summed E-state index contributed by atoms with van der Waals surface area (Å²) < 4.78 is 1.90. The summed E-state index contributed by atoms with van der Waals surface area (Å²) in [6.45, 7) is 0.677. The van der Waals surface area contributed by atoms with Crippen molar-refractivity contribution >= 4 is 0 Å². The third-order valence-electron chi connectivity index (χ3n) is 3.35. The van der Waals surface area contributed by atoms with Crippen LogP contribution in [0.15, 0.2) is 73.1 Å². The molecule has 3 heteroatoms. The molecule has 0 spiro atoms. The number of hydrogen-bond acceptors (Lipinski definition) is 2. The molecule has 0 aliphatic carbocycles. The van der Waals surface area contributed by atoms with Gasteiger partial charge < -0.3 is 5.73 Å². The van der Waals surface area contributed by atoms with Gasteiger partial charge in [0.1, 0.15) is 0 Å². The van der Waals surface area contributed by atoms with E-state index in [0.717, 1.165) is 11.1 Å². The lowest BCUT2D eigenvalue weighted by Crippen LogP contribution is -2.17. The van der Waals surface area contributed by atoms with E-state index in [9.17, 15) is 0 Å². The predicted octanol–water partition coefficient (Wildman–Crippen LogP) is 3.25. The number of aromatic nitrogens is 2. The van der Waals surface area contributed by atoms with Crippen molar-refractivity contribution in [3.05, 3.63) is 78.6 Å². The maximum Gasteiger partial charge on any atom is 0.0602 e. The Balaban J connectivity index is 1.75. The zero-order chi connectivity index (χ0) is 13.8. The monoisotopic (exact) mass is 263 g/mol. The molecule has 0 saturated carbocycles.